The van der Waals surface area contributed by atoms with Gasteiger partial charge in [0.05, 0.1) is 12.2 Å². The van der Waals surface area contributed by atoms with Crippen LogP contribution in [0.4, 0.5) is 8.78 Å². The fourth-order valence-electron chi connectivity index (χ4n) is 2.46. The molecule has 1 unspecified atom stereocenters. The van der Waals surface area contributed by atoms with Crippen molar-refractivity contribution in [1.29, 1.82) is 0 Å². The second-order valence-electron chi connectivity index (χ2n) is 6.26. The number of halogens is 2. The van der Waals surface area contributed by atoms with Crippen molar-refractivity contribution in [3.63, 3.8) is 0 Å². The van der Waals surface area contributed by atoms with E-state index in [2.05, 4.69) is 30.2 Å². The highest BCUT2D eigenvalue weighted by molar-refractivity contribution is 7.18. The minimum Gasteiger partial charge on any atom is -0.457 e. The third-order valence-corrected chi connectivity index (χ3v) is 4.99. The third kappa shape index (κ3) is 5.47. The van der Waals surface area contributed by atoms with Crippen LogP contribution in [-0.4, -0.2) is 47.2 Å². The van der Waals surface area contributed by atoms with E-state index in [-0.39, 0.29) is 18.1 Å². The molecule has 158 valence electrons. The minimum atomic E-state index is -3.07. The van der Waals surface area contributed by atoms with Crippen LogP contribution >= 0.6 is 20.6 Å². The number of hydrogen-bond acceptors (Lipinski definition) is 9. The van der Waals surface area contributed by atoms with Gasteiger partial charge in [0.2, 0.25) is 0 Å². The molecule has 9 nitrogen and oxygen atoms in total. The monoisotopic (exact) mass is 461 g/mol. The summed E-state index contributed by atoms with van der Waals surface area (Å²) in [4.78, 5) is 24.0. The largest absolute Gasteiger partial charge is 0.457 e. The fourth-order valence-corrected chi connectivity index (χ4v) is 3.37. The Kier molecular flexibility index (Phi) is 6.01. The van der Waals surface area contributed by atoms with Gasteiger partial charge in [0.25, 0.3) is 11.2 Å². The molecule has 0 aliphatic carbocycles. The second-order valence-corrected chi connectivity index (χ2v) is 8.16. The van der Waals surface area contributed by atoms with Crippen LogP contribution in [0, 0.1) is 0 Å². The fraction of sp³-hybridized carbons (Fsp3) is 0.167. The zero-order valence-corrected chi connectivity index (χ0v) is 17.7. The van der Waals surface area contributed by atoms with Crippen molar-refractivity contribution >= 4 is 20.6 Å². The van der Waals surface area contributed by atoms with Crippen molar-refractivity contribution in [2.75, 3.05) is 6.61 Å². The first-order valence-electron chi connectivity index (χ1n) is 8.80. The lowest BCUT2D eigenvalue weighted by Gasteiger charge is -2.10. The van der Waals surface area contributed by atoms with Crippen LogP contribution in [0.2, 0.25) is 0 Å². The number of nitrogens with zero attached hydrogens (tertiary/aromatic N) is 7. The quantitative estimate of drug-likeness (QED) is 0.387. The van der Waals surface area contributed by atoms with Crippen LogP contribution in [0.15, 0.2) is 53.8 Å². The van der Waals surface area contributed by atoms with Crippen LogP contribution < -0.4 is 10.3 Å². The molecule has 0 fully saturated rings. The van der Waals surface area contributed by atoms with E-state index < -0.39 is 12.3 Å². The Morgan fingerprint density at radius 3 is 2.52 bits per heavy atom. The lowest BCUT2D eigenvalue weighted by molar-refractivity contribution is 0.0422. The number of alkyl halides is 2. The lowest BCUT2D eigenvalue weighted by Crippen LogP contribution is -2.22. The number of rotatable bonds is 7. The Morgan fingerprint density at radius 1 is 1.06 bits per heavy atom. The molecule has 31 heavy (non-hydrogen) atoms. The molecule has 4 heterocycles. The Hall–Kier alpha value is -3.24. The van der Waals surface area contributed by atoms with Crippen molar-refractivity contribution in [3.8, 4) is 27.8 Å². The van der Waals surface area contributed by atoms with E-state index in [0.717, 1.165) is 5.56 Å². The zero-order chi connectivity index (χ0) is 21.8. The number of ether oxygens (including phenoxy) is 1. The predicted octanol–water partition coefficient (Wildman–Crippen LogP) is 2.51. The van der Waals surface area contributed by atoms with Gasteiger partial charge in [0, 0.05) is 42.0 Å². The molecule has 0 N–H and O–H groups in total. The molecule has 4 rings (SSSR count). The van der Waals surface area contributed by atoms with Gasteiger partial charge in [-0.25, -0.2) is 14.6 Å². The van der Waals surface area contributed by atoms with E-state index in [4.69, 9.17) is 4.74 Å². The summed E-state index contributed by atoms with van der Waals surface area (Å²) < 4.78 is 31.8. The molecule has 4 aromatic rings. The van der Waals surface area contributed by atoms with E-state index in [0.29, 0.717) is 21.3 Å². The number of aromatic nitrogens is 7. The van der Waals surface area contributed by atoms with Gasteiger partial charge < -0.3 is 4.74 Å². The van der Waals surface area contributed by atoms with Crippen molar-refractivity contribution in [2.24, 2.45) is 0 Å². The van der Waals surface area contributed by atoms with E-state index in [9.17, 15) is 13.6 Å². The predicted molar refractivity (Wildman–Crippen MR) is 112 cm³/mol. The molecule has 0 aliphatic rings. The summed E-state index contributed by atoms with van der Waals surface area (Å²) in [6.45, 7) is -0.718. The van der Waals surface area contributed by atoms with E-state index in [1.807, 2.05) is 12.1 Å². The van der Waals surface area contributed by atoms with Gasteiger partial charge >= 0.3 is 6.01 Å². The molecule has 0 spiro atoms. The average molecular weight is 461 g/mol. The lowest BCUT2D eigenvalue weighted by atomic mass is 10.2. The Labute approximate surface area is 180 Å². The summed E-state index contributed by atoms with van der Waals surface area (Å²) in [5.41, 5.74) is -1.57. The summed E-state index contributed by atoms with van der Waals surface area (Å²) in [6, 6.07) is 6.35. The summed E-state index contributed by atoms with van der Waals surface area (Å²) in [6.07, 6.45) is 6.09. The van der Waals surface area contributed by atoms with Gasteiger partial charge in [0.1, 0.15) is 10.0 Å². The van der Waals surface area contributed by atoms with Crippen LogP contribution in [0.1, 0.15) is 5.01 Å². The maximum atomic E-state index is 12.8. The molecular weight excluding hydrogens is 447 g/mol. The number of hydrogen-bond donors (Lipinski definition) is 0. The first-order chi connectivity index (χ1) is 14.9. The van der Waals surface area contributed by atoms with Gasteiger partial charge in [-0.15, -0.1) is 10.2 Å². The molecule has 0 amide bonds. The third-order valence-electron chi connectivity index (χ3n) is 3.86. The Balaban J connectivity index is 1.51. The van der Waals surface area contributed by atoms with Gasteiger partial charge in [0.15, 0.2) is 6.61 Å². The summed E-state index contributed by atoms with van der Waals surface area (Å²) >= 11 is 1.35. The molecule has 4 aromatic heterocycles. The molecule has 0 saturated heterocycles. The molecule has 0 bridgehead atoms. The topological polar surface area (TPSA) is 109 Å². The van der Waals surface area contributed by atoms with Gasteiger partial charge in [-0.1, -0.05) is 20.6 Å². The van der Waals surface area contributed by atoms with Crippen molar-refractivity contribution in [1.82, 2.24) is 34.9 Å². The van der Waals surface area contributed by atoms with Crippen molar-refractivity contribution in [3.05, 3.63) is 64.4 Å². The minimum absolute atomic E-state index is 0.140. The zero-order valence-electron chi connectivity index (χ0n) is 15.7. The van der Waals surface area contributed by atoms with E-state index in [1.54, 1.807) is 12.4 Å². The summed E-state index contributed by atoms with van der Waals surface area (Å²) in [5, 5.41) is 13.9. The van der Waals surface area contributed by atoms with Crippen molar-refractivity contribution < 1.29 is 13.5 Å². The maximum absolute atomic E-state index is 12.8. The molecule has 0 saturated carbocycles. The van der Waals surface area contributed by atoms with Crippen LogP contribution in [0.25, 0.3) is 21.8 Å². The number of pyridine rings is 1. The summed E-state index contributed by atoms with van der Waals surface area (Å²) in [7, 11) is 1.38. The molecule has 13 heteroatoms. The van der Waals surface area contributed by atoms with Crippen LogP contribution in [0.3, 0.4) is 0 Å². The maximum Gasteiger partial charge on any atom is 0.316 e. The van der Waals surface area contributed by atoms with Crippen LogP contribution in [0.5, 0.6) is 6.01 Å². The smallest absolute Gasteiger partial charge is 0.316 e. The Morgan fingerprint density at radius 2 is 1.81 bits per heavy atom. The first kappa shape index (κ1) is 21.0. The van der Waals surface area contributed by atoms with Gasteiger partial charge in [-0.2, -0.15) is 13.9 Å². The van der Waals surface area contributed by atoms with Crippen LogP contribution in [-0.2, 0) is 6.54 Å². The second kappa shape index (κ2) is 8.86. The van der Waals surface area contributed by atoms with Gasteiger partial charge in [-0.05, 0) is 18.2 Å². The van der Waals surface area contributed by atoms with Crippen molar-refractivity contribution in [2.45, 2.75) is 12.2 Å². The first-order valence-corrected chi connectivity index (χ1v) is 10.2. The SMILES string of the molecule is O=c1ccc(-c2cnc(OCC(F)(F)P)nc2)nn1Cc1nnc(-c2ccncc2)s1. The van der Waals surface area contributed by atoms with E-state index in [1.165, 1.54) is 49.8 Å². The molecule has 1 atom stereocenters. The highest BCUT2D eigenvalue weighted by Crippen LogP contribution is 2.24. The molecular formula is C18H14F2N7O2PS. The average Bonchev–Trinajstić information content (AvgIpc) is 3.23. The molecule has 0 aromatic carbocycles. The van der Waals surface area contributed by atoms with Gasteiger partial charge in [-0.3, -0.25) is 9.78 Å². The highest BCUT2D eigenvalue weighted by Gasteiger charge is 2.22. The Bertz CT molecular complexity index is 1230. The molecule has 0 aliphatic heterocycles. The standard InChI is InChI=1S/C18H14F2N7O2PS/c19-18(20,30)10-29-17-22-7-12(8-23-17)13-1-2-15(28)27(26-13)9-14-24-25-16(31-14)11-3-5-21-6-4-11/h1-8H,9-10,30H2. The van der Waals surface area contributed by atoms with E-state index >= 15 is 0 Å². The summed E-state index contributed by atoms with van der Waals surface area (Å²) in [5.74, 6) is 0. The highest BCUT2D eigenvalue weighted by atomic mass is 32.1. The molecule has 0 radical (unpaired) electrons. The normalized spacial score (nSPS) is 11.5.